The van der Waals surface area contributed by atoms with Gasteiger partial charge in [0.25, 0.3) is 0 Å². The van der Waals surface area contributed by atoms with E-state index in [9.17, 15) is 5.11 Å². The van der Waals surface area contributed by atoms with Gasteiger partial charge in [0.05, 0.1) is 6.10 Å². The van der Waals surface area contributed by atoms with Crippen LogP contribution in [0.1, 0.15) is 71.1 Å². The molecule has 0 saturated heterocycles. The van der Waals surface area contributed by atoms with Crippen molar-refractivity contribution in [3.63, 3.8) is 0 Å². The number of hydrogen-bond donors (Lipinski definition) is 1. The normalized spacial score (nSPS) is 39.4. The molecule has 4 atom stereocenters. The van der Waals surface area contributed by atoms with Crippen molar-refractivity contribution in [2.75, 3.05) is 0 Å². The topological polar surface area (TPSA) is 20.2 Å². The summed E-state index contributed by atoms with van der Waals surface area (Å²) in [7, 11) is 0. The lowest BCUT2D eigenvalue weighted by Crippen LogP contribution is -2.33. The molecule has 0 spiro atoms. The van der Waals surface area contributed by atoms with Gasteiger partial charge in [-0.3, -0.25) is 0 Å². The van der Waals surface area contributed by atoms with Gasteiger partial charge in [-0.2, -0.15) is 0 Å². The van der Waals surface area contributed by atoms with Gasteiger partial charge in [-0.05, 0) is 49.9 Å². The van der Waals surface area contributed by atoms with E-state index in [1.165, 1.54) is 51.4 Å². The van der Waals surface area contributed by atoms with Crippen molar-refractivity contribution >= 4 is 0 Å². The lowest BCUT2D eigenvalue weighted by atomic mass is 9.66. The van der Waals surface area contributed by atoms with Gasteiger partial charge in [0.15, 0.2) is 0 Å². The quantitative estimate of drug-likeness (QED) is 0.711. The molecule has 0 heterocycles. The molecule has 2 aliphatic rings. The molecule has 2 saturated carbocycles. The summed E-state index contributed by atoms with van der Waals surface area (Å²) in [4.78, 5) is 0. The summed E-state index contributed by atoms with van der Waals surface area (Å²) < 4.78 is 0. The number of fused-ring (bicyclic) bond motifs is 1. The van der Waals surface area contributed by atoms with Crippen LogP contribution in [-0.2, 0) is 0 Å². The van der Waals surface area contributed by atoms with Crippen LogP contribution in [0.15, 0.2) is 0 Å². The highest BCUT2D eigenvalue weighted by molar-refractivity contribution is 4.85. The molecule has 0 unspecified atom stereocenters. The molecule has 1 N–H and O–H groups in total. The molecule has 1 heteroatoms. The molecule has 94 valence electrons. The average Bonchev–Trinajstić information content (AvgIpc) is 2.29. The van der Waals surface area contributed by atoms with E-state index in [-0.39, 0.29) is 6.10 Å². The molecule has 2 fully saturated rings. The molecule has 0 aromatic carbocycles. The van der Waals surface area contributed by atoms with Crippen LogP contribution in [0.25, 0.3) is 0 Å². The van der Waals surface area contributed by atoms with Crippen LogP contribution in [0.5, 0.6) is 0 Å². The summed E-state index contributed by atoms with van der Waals surface area (Å²) in [6, 6.07) is 0. The zero-order valence-corrected chi connectivity index (χ0v) is 10.8. The Morgan fingerprint density at radius 1 is 0.938 bits per heavy atom. The van der Waals surface area contributed by atoms with Crippen molar-refractivity contribution < 1.29 is 5.11 Å². The standard InChI is InChI=1S/C15H28O/c1-2-3-4-5-12-6-7-14-11-15(16)9-8-13(14)10-12/h12-16H,2-11H2,1H3/t12-,13-,14+,15-/m1/s1. The second-order valence-electron chi connectivity index (χ2n) is 6.16. The van der Waals surface area contributed by atoms with E-state index >= 15 is 0 Å². The number of hydrogen-bond acceptors (Lipinski definition) is 1. The van der Waals surface area contributed by atoms with Crippen molar-refractivity contribution in [1.82, 2.24) is 0 Å². The summed E-state index contributed by atoms with van der Waals surface area (Å²) in [6.45, 7) is 2.29. The highest BCUT2D eigenvalue weighted by atomic mass is 16.3. The maximum atomic E-state index is 9.69. The Hall–Kier alpha value is -0.0400. The van der Waals surface area contributed by atoms with Gasteiger partial charge in [-0.25, -0.2) is 0 Å². The minimum Gasteiger partial charge on any atom is -0.393 e. The Kier molecular flexibility index (Phi) is 4.69. The largest absolute Gasteiger partial charge is 0.393 e. The van der Waals surface area contributed by atoms with Crippen LogP contribution in [0.2, 0.25) is 0 Å². The van der Waals surface area contributed by atoms with Crippen molar-refractivity contribution in [1.29, 1.82) is 0 Å². The van der Waals surface area contributed by atoms with Crippen molar-refractivity contribution in [2.45, 2.75) is 77.2 Å². The van der Waals surface area contributed by atoms with Gasteiger partial charge < -0.3 is 5.11 Å². The van der Waals surface area contributed by atoms with Gasteiger partial charge in [0.1, 0.15) is 0 Å². The molecular formula is C15H28O. The summed E-state index contributed by atoms with van der Waals surface area (Å²) in [5.41, 5.74) is 0. The molecule has 16 heavy (non-hydrogen) atoms. The summed E-state index contributed by atoms with van der Waals surface area (Å²) in [5.74, 6) is 2.85. The van der Waals surface area contributed by atoms with Gasteiger partial charge >= 0.3 is 0 Å². The summed E-state index contributed by atoms with van der Waals surface area (Å²) in [5, 5.41) is 9.69. The van der Waals surface area contributed by atoms with E-state index in [1.807, 2.05) is 0 Å². The van der Waals surface area contributed by atoms with Crippen LogP contribution >= 0.6 is 0 Å². The van der Waals surface area contributed by atoms with Crippen LogP contribution in [0.4, 0.5) is 0 Å². The average molecular weight is 224 g/mol. The minimum atomic E-state index is 0.0258. The Morgan fingerprint density at radius 3 is 2.50 bits per heavy atom. The highest BCUT2D eigenvalue weighted by Gasteiger charge is 2.34. The van der Waals surface area contributed by atoms with Gasteiger partial charge in [-0.1, -0.05) is 39.0 Å². The molecule has 0 aliphatic heterocycles. The first-order valence-corrected chi connectivity index (χ1v) is 7.47. The fourth-order valence-corrected chi connectivity index (χ4v) is 3.91. The first-order valence-electron chi connectivity index (χ1n) is 7.47. The monoisotopic (exact) mass is 224 g/mol. The third-order valence-corrected chi connectivity index (χ3v) is 4.91. The fraction of sp³-hybridized carbons (Fsp3) is 1.00. The minimum absolute atomic E-state index is 0.0258. The Balaban J connectivity index is 1.73. The smallest absolute Gasteiger partial charge is 0.0543 e. The van der Waals surface area contributed by atoms with Crippen LogP contribution in [0.3, 0.4) is 0 Å². The molecule has 2 rings (SSSR count). The molecular weight excluding hydrogens is 196 g/mol. The molecule has 1 nitrogen and oxygen atoms in total. The van der Waals surface area contributed by atoms with E-state index in [2.05, 4.69) is 6.92 Å². The molecule has 0 aromatic heterocycles. The number of aliphatic hydroxyl groups excluding tert-OH is 1. The molecule has 0 radical (unpaired) electrons. The van der Waals surface area contributed by atoms with Crippen molar-refractivity contribution in [3.8, 4) is 0 Å². The van der Waals surface area contributed by atoms with Crippen molar-refractivity contribution in [2.24, 2.45) is 17.8 Å². The van der Waals surface area contributed by atoms with Crippen LogP contribution in [-0.4, -0.2) is 11.2 Å². The Bertz CT molecular complexity index is 202. The predicted molar refractivity (Wildman–Crippen MR) is 68.3 cm³/mol. The zero-order valence-electron chi connectivity index (χ0n) is 10.8. The second-order valence-corrected chi connectivity index (χ2v) is 6.16. The predicted octanol–water partition coefficient (Wildman–Crippen LogP) is 4.14. The zero-order chi connectivity index (χ0) is 11.4. The fourth-order valence-electron chi connectivity index (χ4n) is 3.91. The second kappa shape index (κ2) is 6.05. The number of unbranched alkanes of at least 4 members (excludes halogenated alkanes) is 2. The first kappa shape index (κ1) is 12.4. The highest BCUT2D eigenvalue weighted by Crippen LogP contribution is 2.43. The number of rotatable bonds is 4. The molecule has 0 amide bonds. The lowest BCUT2D eigenvalue weighted by molar-refractivity contribution is 0.0337. The maximum absolute atomic E-state index is 9.69. The van der Waals surface area contributed by atoms with E-state index in [1.54, 1.807) is 0 Å². The van der Waals surface area contributed by atoms with Gasteiger partial charge in [0, 0.05) is 0 Å². The maximum Gasteiger partial charge on any atom is 0.0543 e. The van der Waals surface area contributed by atoms with Crippen LogP contribution in [0, 0.1) is 17.8 Å². The van der Waals surface area contributed by atoms with E-state index < -0.39 is 0 Å². The number of aliphatic hydroxyl groups is 1. The van der Waals surface area contributed by atoms with Crippen molar-refractivity contribution in [3.05, 3.63) is 0 Å². The Morgan fingerprint density at radius 2 is 1.69 bits per heavy atom. The lowest BCUT2D eigenvalue weighted by Gasteiger charge is -2.41. The summed E-state index contributed by atoms with van der Waals surface area (Å²) >= 11 is 0. The van der Waals surface area contributed by atoms with E-state index in [0.29, 0.717) is 0 Å². The van der Waals surface area contributed by atoms with E-state index in [0.717, 1.165) is 30.6 Å². The third kappa shape index (κ3) is 3.23. The molecule has 0 aromatic rings. The van der Waals surface area contributed by atoms with Crippen LogP contribution < -0.4 is 0 Å². The first-order chi connectivity index (χ1) is 7.79. The Labute approximate surface area is 101 Å². The SMILES string of the molecule is CCCCC[C@@H]1CC[C@H]2C[C@H](O)CC[C@@H]2C1. The molecule has 2 aliphatic carbocycles. The third-order valence-electron chi connectivity index (χ3n) is 4.91. The molecule has 0 bridgehead atoms. The summed E-state index contributed by atoms with van der Waals surface area (Å²) in [6.07, 6.45) is 13.5. The van der Waals surface area contributed by atoms with E-state index in [4.69, 9.17) is 0 Å². The van der Waals surface area contributed by atoms with Gasteiger partial charge in [0.2, 0.25) is 0 Å². The van der Waals surface area contributed by atoms with Gasteiger partial charge in [-0.15, -0.1) is 0 Å².